The quantitative estimate of drug-likeness (QED) is 0.655. The predicted octanol–water partition coefficient (Wildman–Crippen LogP) is -0.109. The number of piperidine rings is 1. The minimum absolute atomic E-state index is 0.239. The molecule has 2 unspecified atom stereocenters. The number of nitrogens with one attached hydrogen (secondary N) is 2. The summed E-state index contributed by atoms with van der Waals surface area (Å²) < 4.78 is 0. The van der Waals surface area contributed by atoms with Crippen molar-refractivity contribution in [2.75, 3.05) is 26.7 Å². The van der Waals surface area contributed by atoms with Gasteiger partial charge >= 0.3 is 6.03 Å². The Morgan fingerprint density at radius 2 is 2.11 bits per heavy atom. The average Bonchev–Trinajstić information content (AvgIpc) is 2.37. The summed E-state index contributed by atoms with van der Waals surface area (Å²) in [7, 11) is 1.49. The maximum Gasteiger partial charge on any atom is 0.321 e. The van der Waals surface area contributed by atoms with E-state index in [1.54, 1.807) is 0 Å². The second-order valence-corrected chi connectivity index (χ2v) is 4.90. The van der Waals surface area contributed by atoms with Crippen LogP contribution in [0.25, 0.3) is 0 Å². The third-order valence-corrected chi connectivity index (χ3v) is 3.55. The summed E-state index contributed by atoms with van der Waals surface area (Å²) in [5, 5.41) is 4.63. The first-order valence-electron chi connectivity index (χ1n) is 6.52. The third kappa shape index (κ3) is 4.62. The Balaban J connectivity index is 2.32. The Hall–Kier alpha value is -1.14. The van der Waals surface area contributed by atoms with Gasteiger partial charge in [-0.2, -0.15) is 0 Å². The summed E-state index contributed by atoms with van der Waals surface area (Å²) in [4.78, 5) is 24.7. The topological polar surface area (TPSA) is 87.5 Å². The molecule has 1 heterocycles. The van der Waals surface area contributed by atoms with E-state index in [1.165, 1.54) is 13.5 Å². The maximum absolute atomic E-state index is 11.5. The first kappa shape index (κ1) is 14.9. The van der Waals surface area contributed by atoms with E-state index in [0.717, 1.165) is 13.0 Å². The van der Waals surface area contributed by atoms with Gasteiger partial charge in [0.2, 0.25) is 5.91 Å². The van der Waals surface area contributed by atoms with Crippen LogP contribution in [0.1, 0.15) is 26.2 Å². The molecule has 0 saturated carbocycles. The molecular weight excluding hydrogens is 232 g/mol. The molecular formula is C12H24N4O2. The number of carbonyl (C=O) groups excluding carboxylic acids is 2. The van der Waals surface area contributed by atoms with Crippen molar-refractivity contribution < 1.29 is 9.59 Å². The van der Waals surface area contributed by atoms with E-state index < -0.39 is 6.03 Å². The molecule has 0 aromatic carbocycles. The number of likely N-dealkylation sites (tertiary alicyclic amines) is 1. The van der Waals surface area contributed by atoms with Gasteiger partial charge in [0.05, 0.1) is 0 Å². The van der Waals surface area contributed by atoms with Crippen LogP contribution in [0.15, 0.2) is 0 Å². The Morgan fingerprint density at radius 3 is 2.72 bits per heavy atom. The molecule has 18 heavy (non-hydrogen) atoms. The number of rotatable bonds is 4. The van der Waals surface area contributed by atoms with Gasteiger partial charge < -0.3 is 11.1 Å². The van der Waals surface area contributed by atoms with Crippen molar-refractivity contribution in [1.82, 2.24) is 15.5 Å². The average molecular weight is 256 g/mol. The number of hydrogen-bond donors (Lipinski definition) is 3. The Bertz CT molecular complexity index is 296. The molecule has 1 aliphatic rings. The van der Waals surface area contributed by atoms with Crippen molar-refractivity contribution in [3.8, 4) is 0 Å². The minimum Gasteiger partial charge on any atom is -0.341 e. The van der Waals surface area contributed by atoms with E-state index in [1.807, 2.05) is 0 Å². The van der Waals surface area contributed by atoms with E-state index in [4.69, 9.17) is 5.73 Å². The number of urea groups is 1. The fourth-order valence-corrected chi connectivity index (χ4v) is 2.26. The lowest BCUT2D eigenvalue weighted by Crippen LogP contribution is -2.46. The molecule has 6 heteroatoms. The molecule has 0 aromatic rings. The van der Waals surface area contributed by atoms with Gasteiger partial charge in [-0.05, 0) is 32.2 Å². The number of imide groups is 1. The molecule has 6 nitrogen and oxygen atoms in total. The van der Waals surface area contributed by atoms with Crippen LogP contribution >= 0.6 is 0 Å². The molecule has 0 bridgehead atoms. The summed E-state index contributed by atoms with van der Waals surface area (Å²) in [5.74, 6) is 0.291. The second kappa shape index (κ2) is 7.33. The summed E-state index contributed by atoms with van der Waals surface area (Å²) >= 11 is 0. The largest absolute Gasteiger partial charge is 0.341 e. The molecule has 4 N–H and O–H groups in total. The molecule has 0 aromatic heterocycles. The molecule has 0 radical (unpaired) electrons. The maximum atomic E-state index is 11.5. The lowest BCUT2D eigenvalue weighted by atomic mass is 9.93. The van der Waals surface area contributed by atoms with Gasteiger partial charge in [-0.25, -0.2) is 4.79 Å². The van der Waals surface area contributed by atoms with Crippen LogP contribution in [0, 0.1) is 5.92 Å². The van der Waals surface area contributed by atoms with Gasteiger partial charge in [0.1, 0.15) is 0 Å². The molecule has 0 aliphatic carbocycles. The zero-order valence-electron chi connectivity index (χ0n) is 11.2. The molecule has 1 rings (SSSR count). The van der Waals surface area contributed by atoms with E-state index in [0.29, 0.717) is 31.5 Å². The molecule has 1 saturated heterocycles. The van der Waals surface area contributed by atoms with Crippen molar-refractivity contribution in [2.24, 2.45) is 11.7 Å². The van der Waals surface area contributed by atoms with Gasteiger partial charge in [-0.15, -0.1) is 0 Å². The van der Waals surface area contributed by atoms with Crippen molar-refractivity contribution in [3.63, 3.8) is 0 Å². The lowest BCUT2D eigenvalue weighted by molar-refractivity contribution is -0.120. The van der Waals surface area contributed by atoms with E-state index in [9.17, 15) is 9.59 Å². The van der Waals surface area contributed by atoms with Gasteiger partial charge in [0, 0.05) is 32.6 Å². The second-order valence-electron chi connectivity index (χ2n) is 4.90. The highest BCUT2D eigenvalue weighted by Crippen LogP contribution is 2.20. The smallest absolute Gasteiger partial charge is 0.321 e. The van der Waals surface area contributed by atoms with Crippen LogP contribution in [0.5, 0.6) is 0 Å². The highest BCUT2D eigenvalue weighted by atomic mass is 16.2. The van der Waals surface area contributed by atoms with Crippen LogP contribution in [0.3, 0.4) is 0 Å². The summed E-state index contributed by atoms with van der Waals surface area (Å²) in [5.41, 5.74) is 5.69. The number of amides is 3. The predicted molar refractivity (Wildman–Crippen MR) is 70.0 cm³/mol. The van der Waals surface area contributed by atoms with Crippen molar-refractivity contribution >= 4 is 11.9 Å². The SMILES string of the molecule is CNC(=O)NC(=O)CCN1CC(CN)CCC1C. The highest BCUT2D eigenvalue weighted by molar-refractivity contribution is 5.94. The van der Waals surface area contributed by atoms with Crippen LogP contribution in [-0.2, 0) is 4.79 Å². The zero-order chi connectivity index (χ0) is 13.5. The van der Waals surface area contributed by atoms with Crippen LogP contribution in [-0.4, -0.2) is 49.6 Å². The number of hydrogen-bond acceptors (Lipinski definition) is 4. The van der Waals surface area contributed by atoms with E-state index >= 15 is 0 Å². The van der Waals surface area contributed by atoms with Gasteiger partial charge in [0.25, 0.3) is 0 Å². The van der Waals surface area contributed by atoms with Gasteiger partial charge in [-0.3, -0.25) is 15.0 Å². The Labute approximate surface area is 108 Å². The van der Waals surface area contributed by atoms with Crippen LogP contribution < -0.4 is 16.4 Å². The van der Waals surface area contributed by atoms with Crippen molar-refractivity contribution in [3.05, 3.63) is 0 Å². The molecule has 3 amide bonds. The first-order valence-corrected chi connectivity index (χ1v) is 6.52. The van der Waals surface area contributed by atoms with Crippen LogP contribution in [0.2, 0.25) is 0 Å². The molecule has 1 fully saturated rings. The fourth-order valence-electron chi connectivity index (χ4n) is 2.26. The molecule has 104 valence electrons. The normalized spacial score (nSPS) is 24.6. The molecule has 2 atom stereocenters. The monoisotopic (exact) mass is 256 g/mol. The van der Waals surface area contributed by atoms with Crippen molar-refractivity contribution in [1.29, 1.82) is 0 Å². The first-order chi connectivity index (χ1) is 8.56. The third-order valence-electron chi connectivity index (χ3n) is 3.55. The Morgan fingerprint density at radius 1 is 1.39 bits per heavy atom. The van der Waals surface area contributed by atoms with E-state index in [-0.39, 0.29) is 5.91 Å². The fraction of sp³-hybridized carbons (Fsp3) is 0.833. The highest BCUT2D eigenvalue weighted by Gasteiger charge is 2.24. The van der Waals surface area contributed by atoms with Crippen LogP contribution in [0.4, 0.5) is 4.79 Å². The lowest BCUT2D eigenvalue weighted by Gasteiger charge is -2.37. The van der Waals surface area contributed by atoms with Gasteiger partial charge in [0.15, 0.2) is 0 Å². The Kier molecular flexibility index (Phi) is 6.07. The molecule has 1 aliphatic heterocycles. The number of nitrogens with two attached hydrogens (primary N) is 1. The standard InChI is InChI=1S/C12H24N4O2/c1-9-3-4-10(7-13)8-16(9)6-5-11(17)15-12(18)14-2/h9-10H,3-8,13H2,1-2H3,(H2,14,15,17,18). The van der Waals surface area contributed by atoms with E-state index in [2.05, 4.69) is 22.5 Å². The summed E-state index contributed by atoms with van der Waals surface area (Å²) in [6, 6.07) is 0.0344. The number of nitrogens with zero attached hydrogens (tertiary/aromatic N) is 1. The minimum atomic E-state index is -0.452. The summed E-state index contributed by atoms with van der Waals surface area (Å²) in [6.45, 7) is 4.50. The summed E-state index contributed by atoms with van der Waals surface area (Å²) in [6.07, 6.45) is 2.63. The van der Waals surface area contributed by atoms with Gasteiger partial charge in [-0.1, -0.05) is 0 Å². The molecule has 0 spiro atoms. The zero-order valence-corrected chi connectivity index (χ0v) is 11.2. The van der Waals surface area contributed by atoms with Crippen molar-refractivity contribution in [2.45, 2.75) is 32.2 Å². The number of carbonyl (C=O) groups is 2.